The van der Waals surface area contributed by atoms with Crippen molar-refractivity contribution in [1.82, 2.24) is 14.9 Å². The number of nitrogens with zero attached hydrogens (tertiary/aromatic N) is 1. The molecule has 0 aliphatic carbocycles. The summed E-state index contributed by atoms with van der Waals surface area (Å²) in [6.45, 7) is 2.51. The number of primary amides is 1. The van der Waals surface area contributed by atoms with Crippen LogP contribution in [-0.2, 0) is 27.1 Å². The van der Waals surface area contributed by atoms with Crippen LogP contribution in [0.15, 0.2) is 65.6 Å². The van der Waals surface area contributed by atoms with Crippen LogP contribution in [0.3, 0.4) is 0 Å². The van der Waals surface area contributed by atoms with E-state index < -0.39 is 17.0 Å². The zero-order valence-corrected chi connectivity index (χ0v) is 18.6. The topological polar surface area (TPSA) is 142 Å². The van der Waals surface area contributed by atoms with Gasteiger partial charge in [0.05, 0.1) is 11.3 Å². The first-order valence-electron chi connectivity index (χ1n) is 10.1. The zero-order valence-electron chi connectivity index (χ0n) is 17.8. The highest BCUT2D eigenvalue weighted by Crippen LogP contribution is 2.16. The fourth-order valence-corrected chi connectivity index (χ4v) is 3.94. The van der Waals surface area contributed by atoms with E-state index in [4.69, 9.17) is 9.90 Å². The maximum Gasteiger partial charge on any atom is 0.315 e. The predicted octanol–water partition coefficient (Wildman–Crippen LogP) is 1.87. The molecule has 10 heteroatoms. The van der Waals surface area contributed by atoms with Gasteiger partial charge in [0, 0.05) is 26.2 Å². The third kappa shape index (κ3) is 11.8. The van der Waals surface area contributed by atoms with Crippen molar-refractivity contribution in [3.8, 4) is 0 Å². The number of carbonyl (C=O) groups is 3. The molecule has 0 spiro atoms. The van der Waals surface area contributed by atoms with Crippen LogP contribution in [0.5, 0.6) is 0 Å². The highest BCUT2D eigenvalue weighted by Gasteiger charge is 2.18. The maximum absolute atomic E-state index is 11.9. The highest BCUT2D eigenvalue weighted by atomic mass is 32.2. The molecule has 0 bridgehead atoms. The molecular weight excluding hydrogens is 432 g/mol. The number of carbonyl (C=O) groups excluding carboxylic acids is 2. The highest BCUT2D eigenvalue weighted by molar-refractivity contribution is 7.82. The van der Waals surface area contributed by atoms with Crippen molar-refractivity contribution in [2.45, 2.75) is 30.7 Å². The lowest BCUT2D eigenvalue weighted by atomic mass is 10.2. The van der Waals surface area contributed by atoms with Crippen molar-refractivity contribution < 1.29 is 23.7 Å². The Morgan fingerprint density at radius 3 is 2.06 bits per heavy atom. The summed E-state index contributed by atoms with van der Waals surface area (Å²) in [7, 11) is -0.925. The van der Waals surface area contributed by atoms with Gasteiger partial charge >= 0.3 is 12.0 Å². The molecule has 1 atom stereocenters. The van der Waals surface area contributed by atoms with Gasteiger partial charge in [-0.25, -0.2) is 13.3 Å². The van der Waals surface area contributed by atoms with E-state index >= 15 is 0 Å². The minimum atomic E-state index is -0.927. The third-order valence-electron chi connectivity index (χ3n) is 4.16. The molecule has 1 unspecified atom stereocenters. The van der Waals surface area contributed by atoms with Gasteiger partial charge in [0.1, 0.15) is 11.0 Å². The first-order chi connectivity index (χ1) is 15.5. The molecule has 2 aromatic rings. The Morgan fingerprint density at radius 1 is 1.00 bits per heavy atom. The Balaban J connectivity index is 0.000000289. The van der Waals surface area contributed by atoms with Crippen molar-refractivity contribution in [3.63, 3.8) is 0 Å². The number of nitrogens with one attached hydrogen (secondary N) is 2. The average molecular weight is 463 g/mol. The van der Waals surface area contributed by atoms with E-state index in [2.05, 4.69) is 16.4 Å². The number of carboxylic acids is 1. The fraction of sp³-hybridized carbons (Fsp3) is 0.318. The minimum absolute atomic E-state index is 0.0707. The van der Waals surface area contributed by atoms with Crippen LogP contribution < -0.4 is 16.4 Å². The van der Waals surface area contributed by atoms with Crippen LogP contribution in [0.4, 0.5) is 4.79 Å². The summed E-state index contributed by atoms with van der Waals surface area (Å²) in [5, 5.41) is 13.4. The van der Waals surface area contributed by atoms with Crippen molar-refractivity contribution in [2.24, 2.45) is 5.73 Å². The van der Waals surface area contributed by atoms with Gasteiger partial charge < -0.3 is 21.5 Å². The van der Waals surface area contributed by atoms with E-state index in [1.807, 2.05) is 65.0 Å². The van der Waals surface area contributed by atoms with E-state index in [1.54, 1.807) is 0 Å². The molecule has 0 radical (unpaired) electrons. The maximum atomic E-state index is 11.9. The summed E-state index contributed by atoms with van der Waals surface area (Å²) < 4.78 is 13.9. The van der Waals surface area contributed by atoms with Crippen LogP contribution >= 0.6 is 0 Å². The number of hydrogen-bond donors (Lipinski definition) is 4. The second-order valence-corrected chi connectivity index (χ2v) is 8.06. The van der Waals surface area contributed by atoms with Gasteiger partial charge in [-0.1, -0.05) is 48.5 Å². The van der Waals surface area contributed by atoms with Crippen LogP contribution in [0.25, 0.3) is 0 Å². The van der Waals surface area contributed by atoms with Crippen molar-refractivity contribution in [2.75, 3.05) is 19.6 Å². The van der Waals surface area contributed by atoms with E-state index in [9.17, 15) is 13.8 Å². The number of nitrogens with two attached hydrogens (primary N) is 1. The smallest absolute Gasteiger partial charge is 0.315 e. The molecule has 1 heterocycles. The van der Waals surface area contributed by atoms with Crippen LogP contribution in [0, 0.1) is 0 Å². The second kappa shape index (κ2) is 16.5. The normalized spacial score (nSPS) is 13.4. The number of aliphatic carboxylic acids is 1. The Morgan fingerprint density at radius 2 is 1.53 bits per heavy atom. The van der Waals surface area contributed by atoms with Crippen molar-refractivity contribution >= 4 is 29.4 Å². The second-order valence-electron chi connectivity index (χ2n) is 6.57. The number of urea groups is 1. The molecule has 0 saturated carbocycles. The van der Waals surface area contributed by atoms with E-state index in [1.165, 1.54) is 12.8 Å². The Hall–Kier alpha value is -3.24. The van der Waals surface area contributed by atoms with Crippen molar-refractivity contribution in [3.05, 3.63) is 66.2 Å². The molecular formula is C22H30N4O5S. The summed E-state index contributed by atoms with van der Waals surface area (Å²) in [6.07, 6.45) is 2.54. The molecule has 1 aliphatic heterocycles. The SMILES string of the molecule is NC=O.O=C(O)CCNC(=O)NCc1ccccc1.O=S(c1ccccc1)N1CCCC1. The Labute approximate surface area is 190 Å². The van der Waals surface area contributed by atoms with Crippen molar-refractivity contribution in [1.29, 1.82) is 0 Å². The van der Waals surface area contributed by atoms with Gasteiger partial charge in [0.25, 0.3) is 0 Å². The lowest BCUT2D eigenvalue weighted by molar-refractivity contribution is -0.136. The molecule has 174 valence electrons. The van der Waals surface area contributed by atoms with Gasteiger partial charge in [-0.05, 0) is 30.5 Å². The van der Waals surface area contributed by atoms with E-state index in [0.29, 0.717) is 6.54 Å². The van der Waals surface area contributed by atoms with Gasteiger partial charge in [0.15, 0.2) is 0 Å². The largest absolute Gasteiger partial charge is 0.481 e. The first-order valence-corrected chi connectivity index (χ1v) is 11.2. The number of carboxylic acid groups (broad SMARTS) is 1. The molecule has 3 amide bonds. The number of amides is 3. The number of rotatable bonds is 7. The van der Waals surface area contributed by atoms with Gasteiger partial charge in [-0.3, -0.25) is 9.59 Å². The molecule has 5 N–H and O–H groups in total. The molecule has 9 nitrogen and oxygen atoms in total. The molecule has 1 saturated heterocycles. The first kappa shape index (κ1) is 26.8. The standard InChI is InChI=1S/C11H14N2O3.C10H13NOS.CH3NO/c14-10(15)6-7-12-11(16)13-8-9-4-2-1-3-5-9;12-13(11-8-4-5-9-11)10-6-2-1-3-7-10;2-1-3/h1-5H,6-8H2,(H,14,15)(H2,12,13,16);1-3,6-7H,4-5,8-9H2;1H,(H2,2,3). The summed E-state index contributed by atoms with van der Waals surface area (Å²) in [5.41, 5.74) is 5.16. The summed E-state index contributed by atoms with van der Waals surface area (Å²) in [4.78, 5) is 30.9. The summed E-state index contributed by atoms with van der Waals surface area (Å²) >= 11 is 0. The van der Waals surface area contributed by atoms with E-state index in [-0.39, 0.29) is 25.4 Å². The monoisotopic (exact) mass is 462 g/mol. The number of benzene rings is 2. The summed E-state index contributed by atoms with van der Waals surface area (Å²) in [6, 6.07) is 18.8. The van der Waals surface area contributed by atoms with Crippen LogP contribution in [0.1, 0.15) is 24.8 Å². The Bertz CT molecular complexity index is 831. The predicted molar refractivity (Wildman–Crippen MR) is 123 cm³/mol. The zero-order chi connectivity index (χ0) is 23.6. The number of hydrogen-bond acceptors (Lipinski definition) is 4. The lowest BCUT2D eigenvalue weighted by Gasteiger charge is -2.12. The minimum Gasteiger partial charge on any atom is -0.481 e. The van der Waals surface area contributed by atoms with Gasteiger partial charge in [-0.15, -0.1) is 0 Å². The molecule has 2 aromatic carbocycles. The molecule has 3 rings (SSSR count). The molecule has 32 heavy (non-hydrogen) atoms. The quantitative estimate of drug-likeness (QED) is 0.465. The lowest BCUT2D eigenvalue weighted by Crippen LogP contribution is -2.36. The molecule has 1 aliphatic rings. The van der Waals surface area contributed by atoms with Gasteiger partial charge in [0.2, 0.25) is 6.41 Å². The van der Waals surface area contributed by atoms with Crippen LogP contribution in [-0.4, -0.2) is 51.7 Å². The van der Waals surface area contributed by atoms with E-state index in [0.717, 1.165) is 23.5 Å². The average Bonchev–Trinajstić information content (AvgIpc) is 3.34. The van der Waals surface area contributed by atoms with Gasteiger partial charge in [-0.2, -0.15) is 0 Å². The van der Waals surface area contributed by atoms with Crippen LogP contribution in [0.2, 0.25) is 0 Å². The molecule has 1 fully saturated rings. The summed E-state index contributed by atoms with van der Waals surface area (Å²) in [5.74, 6) is -0.927. The third-order valence-corrected chi connectivity index (χ3v) is 5.67. The molecule has 0 aromatic heterocycles. The Kier molecular flexibility index (Phi) is 13.8. The fourth-order valence-electron chi connectivity index (χ4n) is 2.66.